The van der Waals surface area contributed by atoms with Crippen LogP contribution < -0.4 is 15.4 Å². The SMILES string of the molecule is COc1ccc(C)cc1NC(=O)C1CC1C(=O)NCCN1CCOCC1. The molecular weight excluding hydrogens is 334 g/mol. The summed E-state index contributed by atoms with van der Waals surface area (Å²) in [5.41, 5.74) is 1.69. The third kappa shape index (κ3) is 4.74. The van der Waals surface area contributed by atoms with Gasteiger partial charge in [0.25, 0.3) is 0 Å². The Hall–Kier alpha value is -2.12. The number of hydrogen-bond acceptors (Lipinski definition) is 5. The zero-order valence-electron chi connectivity index (χ0n) is 15.4. The molecule has 2 N–H and O–H groups in total. The van der Waals surface area contributed by atoms with Gasteiger partial charge in [-0.2, -0.15) is 0 Å². The molecule has 0 spiro atoms. The van der Waals surface area contributed by atoms with Gasteiger partial charge in [0.1, 0.15) is 5.75 Å². The van der Waals surface area contributed by atoms with Gasteiger partial charge in [-0.05, 0) is 31.0 Å². The van der Waals surface area contributed by atoms with Gasteiger partial charge >= 0.3 is 0 Å². The van der Waals surface area contributed by atoms with Crippen molar-refractivity contribution in [3.8, 4) is 5.75 Å². The molecule has 2 aliphatic rings. The molecule has 1 saturated heterocycles. The first-order valence-electron chi connectivity index (χ1n) is 9.12. The molecule has 2 unspecified atom stereocenters. The van der Waals surface area contributed by atoms with Crippen molar-refractivity contribution < 1.29 is 19.1 Å². The molecule has 1 heterocycles. The highest BCUT2D eigenvalue weighted by molar-refractivity contribution is 6.00. The summed E-state index contributed by atoms with van der Waals surface area (Å²) in [6.45, 7) is 6.69. The molecule has 1 aromatic carbocycles. The fraction of sp³-hybridized carbons (Fsp3) is 0.579. The van der Waals surface area contributed by atoms with Gasteiger partial charge in [0.15, 0.2) is 0 Å². The Labute approximate surface area is 154 Å². The van der Waals surface area contributed by atoms with Crippen molar-refractivity contribution in [3.63, 3.8) is 0 Å². The Balaban J connectivity index is 1.43. The van der Waals surface area contributed by atoms with Crippen molar-refractivity contribution in [3.05, 3.63) is 23.8 Å². The van der Waals surface area contributed by atoms with Crippen LogP contribution in [0.5, 0.6) is 5.75 Å². The smallest absolute Gasteiger partial charge is 0.228 e. The van der Waals surface area contributed by atoms with E-state index in [1.165, 1.54) is 0 Å². The molecule has 2 fully saturated rings. The maximum absolute atomic E-state index is 12.4. The van der Waals surface area contributed by atoms with E-state index in [0.29, 0.717) is 24.4 Å². The number of nitrogens with zero attached hydrogens (tertiary/aromatic N) is 1. The molecule has 26 heavy (non-hydrogen) atoms. The van der Waals surface area contributed by atoms with E-state index in [9.17, 15) is 9.59 Å². The number of nitrogens with one attached hydrogen (secondary N) is 2. The Bertz CT molecular complexity index is 658. The van der Waals surface area contributed by atoms with Gasteiger partial charge in [-0.1, -0.05) is 6.07 Å². The summed E-state index contributed by atoms with van der Waals surface area (Å²) in [5.74, 6) is -0.0212. The average Bonchev–Trinajstić information content (AvgIpc) is 3.44. The number of morpholine rings is 1. The summed E-state index contributed by atoms with van der Waals surface area (Å²) in [7, 11) is 1.57. The Morgan fingerprint density at radius 3 is 2.69 bits per heavy atom. The van der Waals surface area contributed by atoms with Crippen LogP contribution in [0.1, 0.15) is 12.0 Å². The molecule has 1 aromatic rings. The minimum Gasteiger partial charge on any atom is -0.495 e. The third-order valence-electron chi connectivity index (χ3n) is 4.91. The summed E-state index contributed by atoms with van der Waals surface area (Å²) < 4.78 is 10.6. The van der Waals surface area contributed by atoms with Gasteiger partial charge in [-0.15, -0.1) is 0 Å². The molecule has 3 rings (SSSR count). The molecule has 7 heteroatoms. The van der Waals surface area contributed by atoms with E-state index in [1.54, 1.807) is 7.11 Å². The summed E-state index contributed by atoms with van der Waals surface area (Å²) >= 11 is 0. The summed E-state index contributed by atoms with van der Waals surface area (Å²) in [5, 5.41) is 5.84. The first kappa shape index (κ1) is 18.7. The number of anilines is 1. The molecule has 142 valence electrons. The van der Waals surface area contributed by atoms with E-state index in [4.69, 9.17) is 9.47 Å². The van der Waals surface area contributed by atoms with Crippen LogP contribution in [0.2, 0.25) is 0 Å². The second-order valence-electron chi connectivity index (χ2n) is 6.89. The molecule has 7 nitrogen and oxygen atoms in total. The van der Waals surface area contributed by atoms with E-state index in [0.717, 1.165) is 38.4 Å². The van der Waals surface area contributed by atoms with Gasteiger partial charge in [-0.3, -0.25) is 14.5 Å². The number of carbonyl (C=O) groups excluding carboxylic acids is 2. The fourth-order valence-corrected chi connectivity index (χ4v) is 3.21. The zero-order valence-corrected chi connectivity index (χ0v) is 15.4. The first-order chi connectivity index (χ1) is 12.6. The number of aryl methyl sites for hydroxylation is 1. The molecular formula is C19H27N3O4. The first-order valence-corrected chi connectivity index (χ1v) is 9.12. The van der Waals surface area contributed by atoms with Crippen LogP contribution in [0.25, 0.3) is 0 Å². The fourth-order valence-electron chi connectivity index (χ4n) is 3.21. The highest BCUT2D eigenvalue weighted by Crippen LogP contribution is 2.40. The lowest BCUT2D eigenvalue weighted by molar-refractivity contribution is -0.125. The number of amides is 2. The summed E-state index contributed by atoms with van der Waals surface area (Å²) in [4.78, 5) is 26.9. The van der Waals surface area contributed by atoms with Crippen LogP contribution in [0.15, 0.2) is 18.2 Å². The number of ether oxygens (including phenoxy) is 2. The van der Waals surface area contributed by atoms with Gasteiger partial charge in [0.05, 0.1) is 37.8 Å². The lowest BCUT2D eigenvalue weighted by Gasteiger charge is -2.26. The van der Waals surface area contributed by atoms with Gasteiger partial charge < -0.3 is 20.1 Å². The highest BCUT2D eigenvalue weighted by atomic mass is 16.5. The van der Waals surface area contributed by atoms with Crippen LogP contribution in [0.3, 0.4) is 0 Å². The standard InChI is InChI=1S/C19H27N3O4/c1-13-3-4-17(25-2)16(11-13)21-19(24)15-12-14(15)18(23)20-5-6-22-7-9-26-10-8-22/h3-4,11,14-15H,5-10,12H2,1-2H3,(H,20,23)(H,21,24). The Kier molecular flexibility index (Phi) is 6.11. The number of hydrogen-bond donors (Lipinski definition) is 2. The number of benzene rings is 1. The van der Waals surface area contributed by atoms with Crippen molar-refractivity contribution >= 4 is 17.5 Å². The van der Waals surface area contributed by atoms with Crippen LogP contribution in [0, 0.1) is 18.8 Å². The van der Waals surface area contributed by atoms with E-state index < -0.39 is 0 Å². The van der Waals surface area contributed by atoms with E-state index in [-0.39, 0.29) is 23.7 Å². The van der Waals surface area contributed by atoms with Crippen LogP contribution in [-0.2, 0) is 14.3 Å². The normalized spacial score (nSPS) is 22.5. The summed E-state index contributed by atoms with van der Waals surface area (Å²) in [6, 6.07) is 5.63. The highest BCUT2D eigenvalue weighted by Gasteiger charge is 2.48. The van der Waals surface area contributed by atoms with Crippen LogP contribution >= 0.6 is 0 Å². The number of carbonyl (C=O) groups is 2. The molecule has 1 aliphatic carbocycles. The van der Waals surface area contributed by atoms with Crippen molar-refractivity contribution in [1.82, 2.24) is 10.2 Å². The number of methoxy groups -OCH3 is 1. The van der Waals surface area contributed by atoms with E-state index in [2.05, 4.69) is 15.5 Å². The van der Waals surface area contributed by atoms with E-state index in [1.807, 2.05) is 25.1 Å². The Morgan fingerprint density at radius 2 is 1.96 bits per heavy atom. The molecule has 0 radical (unpaired) electrons. The molecule has 2 amide bonds. The maximum Gasteiger partial charge on any atom is 0.228 e. The molecule has 1 saturated carbocycles. The quantitative estimate of drug-likeness (QED) is 0.758. The third-order valence-corrected chi connectivity index (χ3v) is 4.91. The minimum absolute atomic E-state index is 0.0328. The summed E-state index contributed by atoms with van der Waals surface area (Å²) in [6.07, 6.45) is 0.601. The number of rotatable bonds is 7. The van der Waals surface area contributed by atoms with Crippen LogP contribution in [0.4, 0.5) is 5.69 Å². The molecule has 0 bridgehead atoms. The Morgan fingerprint density at radius 1 is 1.23 bits per heavy atom. The van der Waals surface area contributed by atoms with Gasteiger partial charge in [0.2, 0.25) is 11.8 Å². The largest absolute Gasteiger partial charge is 0.495 e. The molecule has 0 aromatic heterocycles. The lowest BCUT2D eigenvalue weighted by Crippen LogP contribution is -2.41. The minimum atomic E-state index is -0.261. The lowest BCUT2D eigenvalue weighted by atomic mass is 10.2. The maximum atomic E-state index is 12.4. The zero-order chi connectivity index (χ0) is 18.5. The predicted molar refractivity (Wildman–Crippen MR) is 98.2 cm³/mol. The average molecular weight is 361 g/mol. The second-order valence-corrected chi connectivity index (χ2v) is 6.89. The van der Waals surface area contributed by atoms with Crippen molar-refractivity contribution in [2.45, 2.75) is 13.3 Å². The molecule has 1 aliphatic heterocycles. The van der Waals surface area contributed by atoms with E-state index >= 15 is 0 Å². The predicted octanol–water partition coefficient (Wildman–Crippen LogP) is 1.03. The van der Waals surface area contributed by atoms with Gasteiger partial charge in [-0.25, -0.2) is 0 Å². The van der Waals surface area contributed by atoms with Gasteiger partial charge in [0, 0.05) is 26.2 Å². The molecule has 2 atom stereocenters. The van der Waals surface area contributed by atoms with Crippen molar-refractivity contribution in [2.24, 2.45) is 11.8 Å². The topological polar surface area (TPSA) is 79.9 Å². The monoisotopic (exact) mass is 361 g/mol. The van der Waals surface area contributed by atoms with Crippen molar-refractivity contribution in [1.29, 1.82) is 0 Å². The van der Waals surface area contributed by atoms with Crippen molar-refractivity contribution in [2.75, 3.05) is 51.8 Å². The second kappa shape index (κ2) is 8.51. The van der Waals surface area contributed by atoms with Crippen LogP contribution in [-0.4, -0.2) is 63.2 Å².